The van der Waals surface area contributed by atoms with Crippen LogP contribution in [-0.4, -0.2) is 24.3 Å². The van der Waals surface area contributed by atoms with Crippen molar-refractivity contribution in [2.45, 2.75) is 6.42 Å². The van der Waals surface area contributed by atoms with Crippen molar-refractivity contribution in [1.82, 2.24) is 5.43 Å². The van der Waals surface area contributed by atoms with Gasteiger partial charge in [-0.05, 0) is 23.8 Å². The Labute approximate surface area is 133 Å². The Morgan fingerprint density at radius 1 is 1.36 bits per heavy atom. The van der Waals surface area contributed by atoms with E-state index in [9.17, 15) is 9.90 Å². The largest absolute Gasteiger partial charge is 0.508 e. The summed E-state index contributed by atoms with van der Waals surface area (Å²) in [5.74, 6) is 0.281. The van der Waals surface area contributed by atoms with E-state index in [4.69, 9.17) is 16.3 Å². The molecule has 2 aromatic carbocycles. The van der Waals surface area contributed by atoms with E-state index in [0.717, 1.165) is 5.56 Å². The summed E-state index contributed by atoms with van der Waals surface area (Å²) in [7, 11) is 1.49. The van der Waals surface area contributed by atoms with Gasteiger partial charge in [-0.1, -0.05) is 29.8 Å². The van der Waals surface area contributed by atoms with Crippen molar-refractivity contribution in [3.8, 4) is 11.5 Å². The number of hydrazone groups is 1. The fraction of sp³-hybridized carbons (Fsp3) is 0.125. The molecule has 0 radical (unpaired) electrons. The van der Waals surface area contributed by atoms with Gasteiger partial charge in [-0.2, -0.15) is 5.10 Å². The highest BCUT2D eigenvalue weighted by Gasteiger charge is 2.06. The van der Waals surface area contributed by atoms with Crippen LogP contribution in [0.2, 0.25) is 5.02 Å². The van der Waals surface area contributed by atoms with E-state index in [1.807, 2.05) is 6.07 Å². The Morgan fingerprint density at radius 2 is 2.14 bits per heavy atom. The minimum absolute atomic E-state index is 0.0942. The average molecular weight is 319 g/mol. The van der Waals surface area contributed by atoms with Crippen molar-refractivity contribution in [3.05, 3.63) is 58.6 Å². The third-order valence-corrected chi connectivity index (χ3v) is 3.29. The maximum Gasteiger partial charge on any atom is 0.244 e. The van der Waals surface area contributed by atoms with Gasteiger partial charge in [-0.25, -0.2) is 5.43 Å². The van der Waals surface area contributed by atoms with Crippen molar-refractivity contribution < 1.29 is 14.6 Å². The van der Waals surface area contributed by atoms with Crippen LogP contribution in [0.3, 0.4) is 0 Å². The second-order valence-electron chi connectivity index (χ2n) is 4.49. The Hall–Kier alpha value is -2.53. The molecule has 0 unspecified atom stereocenters. The predicted octanol–water partition coefficient (Wildman–Crippen LogP) is 2.75. The Balaban J connectivity index is 1.98. The summed E-state index contributed by atoms with van der Waals surface area (Å²) in [5, 5.41) is 13.8. The van der Waals surface area contributed by atoms with E-state index in [-0.39, 0.29) is 18.1 Å². The van der Waals surface area contributed by atoms with Gasteiger partial charge in [-0.3, -0.25) is 4.79 Å². The number of methoxy groups -OCH3 is 1. The molecule has 6 heteroatoms. The molecule has 0 fully saturated rings. The Morgan fingerprint density at radius 3 is 2.86 bits per heavy atom. The molecule has 2 N–H and O–H groups in total. The minimum Gasteiger partial charge on any atom is -0.508 e. The zero-order valence-corrected chi connectivity index (χ0v) is 12.7. The van der Waals surface area contributed by atoms with Crippen LogP contribution < -0.4 is 10.2 Å². The van der Waals surface area contributed by atoms with Gasteiger partial charge in [0.05, 0.1) is 19.7 Å². The van der Waals surface area contributed by atoms with Gasteiger partial charge in [0.15, 0.2) is 0 Å². The number of rotatable bonds is 5. The number of carbonyl (C=O) groups excluding carboxylic acids is 1. The standard InChI is InChI=1S/C16H15ClN2O3/c1-22-15-9-13(20)7-6-12(15)10-18-19-16(21)8-11-4-2-3-5-14(11)17/h2-7,9-10,20H,8H2,1H3,(H,19,21). The molecule has 114 valence electrons. The summed E-state index contributed by atoms with van der Waals surface area (Å²) < 4.78 is 5.11. The quantitative estimate of drug-likeness (QED) is 0.658. The van der Waals surface area contributed by atoms with Gasteiger partial charge in [0.1, 0.15) is 11.5 Å². The first-order chi connectivity index (χ1) is 10.6. The summed E-state index contributed by atoms with van der Waals surface area (Å²) in [6.07, 6.45) is 1.59. The summed E-state index contributed by atoms with van der Waals surface area (Å²) in [4.78, 5) is 11.8. The van der Waals surface area contributed by atoms with Gasteiger partial charge < -0.3 is 9.84 Å². The van der Waals surface area contributed by atoms with E-state index < -0.39 is 0 Å². The van der Waals surface area contributed by atoms with Crippen molar-refractivity contribution in [2.24, 2.45) is 5.10 Å². The lowest BCUT2D eigenvalue weighted by Gasteiger charge is -2.05. The molecule has 0 aliphatic carbocycles. The molecule has 2 rings (SSSR count). The maximum atomic E-state index is 11.8. The van der Waals surface area contributed by atoms with Crippen molar-refractivity contribution >= 4 is 23.7 Å². The van der Waals surface area contributed by atoms with E-state index in [1.54, 1.807) is 24.3 Å². The molecule has 0 aliphatic heterocycles. The zero-order valence-electron chi connectivity index (χ0n) is 11.9. The van der Waals surface area contributed by atoms with E-state index >= 15 is 0 Å². The molecule has 5 nitrogen and oxygen atoms in total. The molecule has 0 heterocycles. The minimum atomic E-state index is -0.276. The normalized spacial score (nSPS) is 10.6. The molecule has 0 spiro atoms. The van der Waals surface area contributed by atoms with Gasteiger partial charge in [0, 0.05) is 16.7 Å². The van der Waals surface area contributed by atoms with Crippen LogP contribution in [0.1, 0.15) is 11.1 Å². The lowest BCUT2D eigenvalue weighted by Crippen LogP contribution is -2.20. The number of phenols is 1. The zero-order chi connectivity index (χ0) is 15.9. The highest BCUT2D eigenvalue weighted by Crippen LogP contribution is 2.22. The number of hydrogen-bond acceptors (Lipinski definition) is 4. The van der Waals surface area contributed by atoms with Gasteiger partial charge in [-0.15, -0.1) is 0 Å². The van der Waals surface area contributed by atoms with Crippen molar-refractivity contribution in [3.63, 3.8) is 0 Å². The number of halogens is 1. The summed E-state index contributed by atoms with van der Waals surface area (Å²) in [5.41, 5.74) is 3.80. The summed E-state index contributed by atoms with van der Waals surface area (Å²) in [6, 6.07) is 11.8. The monoisotopic (exact) mass is 318 g/mol. The number of aromatic hydroxyl groups is 1. The lowest BCUT2D eigenvalue weighted by atomic mass is 10.1. The molecule has 0 atom stereocenters. The Kier molecular flexibility index (Phi) is 5.38. The highest BCUT2D eigenvalue weighted by molar-refractivity contribution is 6.31. The molecule has 0 saturated heterocycles. The van der Waals surface area contributed by atoms with Crippen LogP contribution in [0.5, 0.6) is 11.5 Å². The number of nitrogens with zero attached hydrogens (tertiary/aromatic N) is 1. The average Bonchev–Trinajstić information content (AvgIpc) is 2.51. The molecule has 1 amide bonds. The number of benzene rings is 2. The molecule has 2 aromatic rings. The first-order valence-electron chi connectivity index (χ1n) is 6.52. The van der Waals surface area contributed by atoms with E-state index in [2.05, 4.69) is 10.5 Å². The van der Waals surface area contributed by atoms with E-state index in [1.165, 1.54) is 25.5 Å². The second kappa shape index (κ2) is 7.47. The van der Waals surface area contributed by atoms with Crippen LogP contribution in [0.4, 0.5) is 0 Å². The smallest absolute Gasteiger partial charge is 0.244 e. The number of phenolic OH excluding ortho intramolecular Hbond substituents is 1. The van der Waals surface area contributed by atoms with Gasteiger partial charge >= 0.3 is 0 Å². The van der Waals surface area contributed by atoms with Crippen LogP contribution in [0, 0.1) is 0 Å². The maximum absolute atomic E-state index is 11.8. The molecular weight excluding hydrogens is 304 g/mol. The molecule has 0 bridgehead atoms. The molecule has 0 saturated carbocycles. The van der Waals surface area contributed by atoms with Gasteiger partial charge in [0.25, 0.3) is 0 Å². The predicted molar refractivity (Wildman–Crippen MR) is 85.6 cm³/mol. The number of amides is 1. The van der Waals surface area contributed by atoms with Crippen LogP contribution in [-0.2, 0) is 11.2 Å². The van der Waals surface area contributed by atoms with E-state index in [0.29, 0.717) is 16.3 Å². The first kappa shape index (κ1) is 15.9. The SMILES string of the molecule is COc1cc(O)ccc1C=NNC(=O)Cc1ccccc1Cl. The third-order valence-electron chi connectivity index (χ3n) is 2.92. The number of nitrogens with one attached hydrogen (secondary N) is 1. The third kappa shape index (κ3) is 4.23. The fourth-order valence-electron chi connectivity index (χ4n) is 1.83. The molecule has 0 aliphatic rings. The number of ether oxygens (including phenoxy) is 1. The first-order valence-corrected chi connectivity index (χ1v) is 6.90. The highest BCUT2D eigenvalue weighted by atomic mass is 35.5. The number of carbonyl (C=O) groups is 1. The topological polar surface area (TPSA) is 70.9 Å². The summed E-state index contributed by atoms with van der Waals surface area (Å²) >= 11 is 5.99. The van der Waals surface area contributed by atoms with Crippen molar-refractivity contribution in [1.29, 1.82) is 0 Å². The number of hydrogen-bond donors (Lipinski definition) is 2. The lowest BCUT2D eigenvalue weighted by molar-refractivity contribution is -0.120. The van der Waals surface area contributed by atoms with Crippen LogP contribution >= 0.6 is 11.6 Å². The second-order valence-corrected chi connectivity index (χ2v) is 4.89. The molecule has 0 aromatic heterocycles. The fourth-order valence-corrected chi connectivity index (χ4v) is 2.04. The van der Waals surface area contributed by atoms with Crippen LogP contribution in [0.25, 0.3) is 0 Å². The molecule has 22 heavy (non-hydrogen) atoms. The van der Waals surface area contributed by atoms with Crippen LogP contribution in [0.15, 0.2) is 47.6 Å². The molecular formula is C16H15ClN2O3. The Bertz CT molecular complexity index is 702. The van der Waals surface area contributed by atoms with Crippen molar-refractivity contribution in [2.75, 3.05) is 7.11 Å². The van der Waals surface area contributed by atoms with Gasteiger partial charge in [0.2, 0.25) is 5.91 Å². The summed E-state index contributed by atoms with van der Waals surface area (Å²) in [6.45, 7) is 0.